The number of benzene rings is 1. The SMILES string of the molecule is CNC(Cc1c(F)cccc1Cl)C(C)(C)N(C)C. The number of hydrogen-bond donors (Lipinski definition) is 1. The monoisotopic (exact) mass is 272 g/mol. The van der Waals surface area contributed by atoms with Crippen molar-refractivity contribution in [3.8, 4) is 0 Å². The van der Waals surface area contributed by atoms with E-state index in [1.165, 1.54) is 6.07 Å². The molecule has 1 atom stereocenters. The summed E-state index contributed by atoms with van der Waals surface area (Å²) in [5.41, 5.74) is 0.480. The highest BCUT2D eigenvalue weighted by molar-refractivity contribution is 6.31. The zero-order valence-corrected chi connectivity index (χ0v) is 12.5. The molecule has 102 valence electrons. The standard InChI is InChI=1S/C14H22ClFN2/c1-14(2,18(4)5)13(17-3)9-10-11(15)7-6-8-12(10)16/h6-8,13,17H,9H2,1-5H3. The van der Waals surface area contributed by atoms with E-state index < -0.39 is 0 Å². The lowest BCUT2D eigenvalue weighted by atomic mass is 9.88. The van der Waals surface area contributed by atoms with Crippen LogP contribution in [0.25, 0.3) is 0 Å². The van der Waals surface area contributed by atoms with Gasteiger partial charge < -0.3 is 10.2 Å². The molecule has 4 heteroatoms. The van der Waals surface area contributed by atoms with Crippen molar-refractivity contribution in [3.05, 3.63) is 34.6 Å². The van der Waals surface area contributed by atoms with Crippen molar-refractivity contribution in [3.63, 3.8) is 0 Å². The Labute approximate surface area is 114 Å². The van der Waals surface area contributed by atoms with Crippen LogP contribution in [-0.4, -0.2) is 37.6 Å². The molecule has 1 aromatic carbocycles. The van der Waals surface area contributed by atoms with Gasteiger partial charge in [0.1, 0.15) is 5.82 Å². The summed E-state index contributed by atoms with van der Waals surface area (Å²) in [6.07, 6.45) is 0.563. The zero-order chi connectivity index (χ0) is 13.9. The average Bonchev–Trinajstić information content (AvgIpc) is 2.28. The molecule has 0 bridgehead atoms. The lowest BCUT2D eigenvalue weighted by molar-refractivity contribution is 0.141. The van der Waals surface area contributed by atoms with Crippen LogP contribution in [0.15, 0.2) is 18.2 Å². The smallest absolute Gasteiger partial charge is 0.127 e. The van der Waals surface area contributed by atoms with Crippen LogP contribution >= 0.6 is 11.6 Å². The largest absolute Gasteiger partial charge is 0.315 e. The van der Waals surface area contributed by atoms with Gasteiger partial charge in [-0.1, -0.05) is 17.7 Å². The molecule has 1 N–H and O–H groups in total. The first-order chi connectivity index (χ1) is 8.30. The van der Waals surface area contributed by atoms with E-state index >= 15 is 0 Å². The van der Waals surface area contributed by atoms with E-state index in [0.717, 1.165) is 0 Å². The number of nitrogens with zero attached hydrogens (tertiary/aromatic N) is 1. The van der Waals surface area contributed by atoms with Gasteiger partial charge in [0.2, 0.25) is 0 Å². The molecule has 0 aliphatic rings. The molecule has 2 nitrogen and oxygen atoms in total. The molecule has 1 unspecified atom stereocenters. The molecular weight excluding hydrogens is 251 g/mol. The minimum atomic E-state index is -0.239. The highest BCUT2D eigenvalue weighted by Crippen LogP contribution is 2.25. The lowest BCUT2D eigenvalue weighted by Crippen LogP contribution is -2.55. The molecule has 0 aliphatic carbocycles. The molecule has 1 rings (SSSR count). The van der Waals surface area contributed by atoms with Gasteiger partial charge in [-0.3, -0.25) is 0 Å². The van der Waals surface area contributed by atoms with Crippen molar-refractivity contribution in [2.75, 3.05) is 21.1 Å². The average molecular weight is 273 g/mol. The maximum Gasteiger partial charge on any atom is 0.127 e. The molecule has 0 saturated heterocycles. The third-order valence-electron chi connectivity index (χ3n) is 3.82. The third-order valence-corrected chi connectivity index (χ3v) is 4.18. The lowest BCUT2D eigenvalue weighted by Gasteiger charge is -2.40. The van der Waals surface area contributed by atoms with Crippen molar-refractivity contribution >= 4 is 11.6 Å². The van der Waals surface area contributed by atoms with Gasteiger partial charge in [0.15, 0.2) is 0 Å². The second-order valence-corrected chi connectivity index (χ2v) is 5.70. The van der Waals surface area contributed by atoms with Crippen LogP contribution in [0.5, 0.6) is 0 Å². The fraction of sp³-hybridized carbons (Fsp3) is 0.571. The molecule has 0 amide bonds. The molecule has 0 heterocycles. The van der Waals surface area contributed by atoms with Crippen LogP contribution in [0, 0.1) is 5.82 Å². The van der Waals surface area contributed by atoms with Gasteiger partial charge in [-0.25, -0.2) is 4.39 Å². The fourth-order valence-corrected chi connectivity index (χ4v) is 2.19. The Hall–Kier alpha value is -0.640. The normalized spacial score (nSPS) is 14.0. The Balaban J connectivity index is 3.00. The molecule has 1 aromatic rings. The fourth-order valence-electron chi connectivity index (χ4n) is 1.95. The van der Waals surface area contributed by atoms with Crippen LogP contribution < -0.4 is 5.32 Å². The quantitative estimate of drug-likeness (QED) is 0.887. The van der Waals surface area contributed by atoms with Crippen LogP contribution in [0.2, 0.25) is 5.02 Å². The van der Waals surface area contributed by atoms with Gasteiger partial charge in [-0.05, 0) is 53.5 Å². The van der Waals surface area contributed by atoms with E-state index in [2.05, 4.69) is 24.1 Å². The Kier molecular flexibility index (Phi) is 5.14. The molecule has 0 aromatic heterocycles. The number of hydrogen-bond acceptors (Lipinski definition) is 2. The summed E-state index contributed by atoms with van der Waals surface area (Å²) < 4.78 is 13.8. The van der Waals surface area contributed by atoms with Crippen LogP contribution in [0.4, 0.5) is 4.39 Å². The van der Waals surface area contributed by atoms with Crippen molar-refractivity contribution in [1.82, 2.24) is 10.2 Å². The first-order valence-corrected chi connectivity index (χ1v) is 6.46. The van der Waals surface area contributed by atoms with Gasteiger partial charge in [0, 0.05) is 22.2 Å². The van der Waals surface area contributed by atoms with Crippen molar-refractivity contribution < 1.29 is 4.39 Å². The minimum Gasteiger partial charge on any atom is -0.315 e. The highest BCUT2D eigenvalue weighted by atomic mass is 35.5. The summed E-state index contributed by atoms with van der Waals surface area (Å²) in [7, 11) is 5.94. The summed E-state index contributed by atoms with van der Waals surface area (Å²) in [5.74, 6) is -0.239. The number of likely N-dealkylation sites (N-methyl/N-ethyl adjacent to an activating group) is 2. The van der Waals surface area contributed by atoms with Gasteiger partial charge in [0.05, 0.1) is 0 Å². The Morgan fingerprint density at radius 3 is 2.44 bits per heavy atom. The highest BCUT2D eigenvalue weighted by Gasteiger charge is 2.31. The van der Waals surface area contributed by atoms with Crippen LogP contribution in [-0.2, 0) is 6.42 Å². The third kappa shape index (κ3) is 3.22. The Bertz CT molecular complexity index is 385. The molecule has 0 fully saturated rings. The van der Waals surface area contributed by atoms with E-state index in [4.69, 9.17) is 11.6 Å². The van der Waals surface area contributed by atoms with E-state index in [0.29, 0.717) is 17.0 Å². The predicted molar refractivity (Wildman–Crippen MR) is 75.7 cm³/mol. The number of nitrogens with one attached hydrogen (secondary N) is 1. The summed E-state index contributed by atoms with van der Waals surface area (Å²) in [5, 5.41) is 3.75. The number of rotatable bonds is 5. The second kappa shape index (κ2) is 6.00. The molecule has 0 saturated carbocycles. The molecule has 0 radical (unpaired) electrons. The Morgan fingerprint density at radius 1 is 1.39 bits per heavy atom. The van der Waals surface area contributed by atoms with Gasteiger partial charge in [-0.15, -0.1) is 0 Å². The second-order valence-electron chi connectivity index (χ2n) is 5.29. The summed E-state index contributed by atoms with van der Waals surface area (Å²) in [6.45, 7) is 4.26. The van der Waals surface area contributed by atoms with Crippen molar-refractivity contribution in [1.29, 1.82) is 0 Å². The Morgan fingerprint density at radius 2 is 2.00 bits per heavy atom. The maximum atomic E-state index is 13.8. The topological polar surface area (TPSA) is 15.3 Å². The predicted octanol–water partition coefficient (Wildman–Crippen LogP) is 2.95. The zero-order valence-electron chi connectivity index (χ0n) is 11.7. The van der Waals surface area contributed by atoms with Gasteiger partial charge in [-0.2, -0.15) is 0 Å². The van der Waals surface area contributed by atoms with E-state index in [-0.39, 0.29) is 17.4 Å². The maximum absolute atomic E-state index is 13.8. The molecular formula is C14H22ClFN2. The van der Waals surface area contributed by atoms with Crippen LogP contribution in [0.1, 0.15) is 19.4 Å². The van der Waals surface area contributed by atoms with Crippen molar-refractivity contribution in [2.45, 2.75) is 31.8 Å². The van der Waals surface area contributed by atoms with Crippen molar-refractivity contribution in [2.24, 2.45) is 0 Å². The molecule has 0 aliphatic heterocycles. The van der Waals surface area contributed by atoms with Gasteiger partial charge in [0.25, 0.3) is 0 Å². The van der Waals surface area contributed by atoms with E-state index in [9.17, 15) is 4.39 Å². The summed E-state index contributed by atoms with van der Waals surface area (Å²) in [6, 6.07) is 4.93. The summed E-state index contributed by atoms with van der Waals surface area (Å²) in [4.78, 5) is 2.13. The summed E-state index contributed by atoms with van der Waals surface area (Å²) >= 11 is 6.08. The number of halogens is 2. The van der Waals surface area contributed by atoms with Gasteiger partial charge >= 0.3 is 0 Å². The minimum absolute atomic E-state index is 0.0969. The first-order valence-electron chi connectivity index (χ1n) is 6.08. The molecule has 18 heavy (non-hydrogen) atoms. The first kappa shape index (κ1) is 15.4. The molecule has 0 spiro atoms. The van der Waals surface area contributed by atoms with Crippen LogP contribution in [0.3, 0.4) is 0 Å². The van der Waals surface area contributed by atoms with E-state index in [1.807, 2.05) is 21.1 Å². The van der Waals surface area contributed by atoms with E-state index in [1.54, 1.807) is 12.1 Å².